The van der Waals surface area contributed by atoms with E-state index in [1.54, 1.807) is 19.1 Å². The Morgan fingerprint density at radius 2 is 1.88 bits per heavy atom. The fourth-order valence-corrected chi connectivity index (χ4v) is 3.70. The van der Waals surface area contributed by atoms with Crippen molar-refractivity contribution in [2.75, 3.05) is 0 Å². The molecule has 0 unspecified atom stereocenters. The van der Waals surface area contributed by atoms with Gasteiger partial charge in [-0.1, -0.05) is 34.8 Å². The monoisotopic (exact) mass is 357 g/mol. The van der Waals surface area contributed by atoms with Gasteiger partial charge >= 0.3 is 0 Å². The normalized spacial score (nSPS) is 26.6. The van der Waals surface area contributed by atoms with Crippen LogP contribution in [-0.4, -0.2) is 10.8 Å². The maximum absolute atomic E-state index is 11.0. The first kappa shape index (κ1) is 16.7. The van der Waals surface area contributed by atoms with Crippen LogP contribution in [0.15, 0.2) is 65.5 Å². The first-order valence-corrected chi connectivity index (χ1v) is 8.26. The minimum absolute atomic E-state index is 0.273. The number of nitriles is 1. The van der Waals surface area contributed by atoms with E-state index >= 15 is 0 Å². The van der Waals surface area contributed by atoms with Crippen molar-refractivity contribution in [3.8, 4) is 6.07 Å². The Morgan fingerprint density at radius 3 is 2.46 bits per heavy atom. The molecule has 0 bridgehead atoms. The summed E-state index contributed by atoms with van der Waals surface area (Å²) in [4.78, 5) is 0. The fourth-order valence-electron chi connectivity index (χ4n) is 3.19. The smallest absolute Gasteiger partial charge is 0.216 e. The van der Waals surface area contributed by atoms with E-state index in [-0.39, 0.29) is 10.9 Å². The average Bonchev–Trinajstić information content (AvgIpc) is 2.55. The van der Waals surface area contributed by atoms with E-state index in [1.165, 1.54) is 0 Å². The summed E-state index contributed by atoms with van der Waals surface area (Å²) in [5, 5.41) is 24.4. The third kappa shape index (κ3) is 2.96. The Labute approximate surface area is 151 Å². The molecule has 1 aromatic carbocycles. The average molecular weight is 358 g/mol. The molecule has 1 aromatic heterocycles. The zero-order chi connectivity index (χ0) is 17.3. The van der Waals surface area contributed by atoms with E-state index in [0.717, 1.165) is 5.56 Å². The Morgan fingerprint density at radius 1 is 1.25 bits per heavy atom. The van der Waals surface area contributed by atoms with Crippen molar-refractivity contribution in [3.05, 3.63) is 76.0 Å². The van der Waals surface area contributed by atoms with Crippen LogP contribution in [0.4, 0.5) is 0 Å². The van der Waals surface area contributed by atoms with Gasteiger partial charge in [0.15, 0.2) is 18.1 Å². The highest BCUT2D eigenvalue weighted by atomic mass is 35.5. The van der Waals surface area contributed by atoms with Crippen molar-refractivity contribution in [3.63, 3.8) is 0 Å². The number of hydrogen-bond donors (Lipinski definition) is 2. The molecule has 6 heteroatoms. The summed E-state index contributed by atoms with van der Waals surface area (Å²) in [5.41, 5.74) is -0.00469. The molecule has 1 aliphatic rings. The first-order valence-electron chi connectivity index (χ1n) is 7.47. The predicted octanol–water partition coefficient (Wildman–Crippen LogP) is 2.55. The van der Waals surface area contributed by atoms with E-state index in [2.05, 4.69) is 11.4 Å². The van der Waals surface area contributed by atoms with Crippen LogP contribution in [0.25, 0.3) is 0 Å². The van der Waals surface area contributed by atoms with Gasteiger partial charge in [0.2, 0.25) is 6.04 Å². The van der Waals surface area contributed by atoms with E-state index in [9.17, 15) is 10.4 Å². The van der Waals surface area contributed by atoms with E-state index < -0.39 is 11.8 Å². The second-order valence-corrected chi connectivity index (χ2v) is 6.77. The number of aliphatic hydroxyl groups is 1. The molecule has 2 aromatic rings. The van der Waals surface area contributed by atoms with Crippen LogP contribution >= 0.6 is 11.6 Å². The molecule has 0 fully saturated rings. The molecule has 122 valence electrons. The molecule has 3 rings (SSSR count). The molecule has 0 saturated heterocycles. The van der Waals surface area contributed by atoms with Crippen LogP contribution in [0.2, 0.25) is 5.02 Å². The zero-order valence-corrected chi connectivity index (χ0v) is 14.6. The van der Waals surface area contributed by atoms with Crippen LogP contribution in [-0.2, 0) is 12.6 Å². The summed E-state index contributed by atoms with van der Waals surface area (Å²) in [7, 11) is 0. The second kappa shape index (κ2) is 6.40. The lowest BCUT2D eigenvalue weighted by Crippen LogP contribution is -2.63. The molecule has 1 aliphatic heterocycles. The SMILES string of the molecule is C[C@@]1(O)NC([S-])=C(C#N)[C@@H](c2ccc(Cl)cc2)[C@@H]1[n+]1ccccc1. The van der Waals surface area contributed by atoms with E-state index in [4.69, 9.17) is 24.2 Å². The molecule has 2 N–H and O–H groups in total. The topological polar surface area (TPSA) is 59.9 Å². The lowest BCUT2D eigenvalue weighted by Gasteiger charge is -2.43. The van der Waals surface area contributed by atoms with Crippen LogP contribution < -0.4 is 9.88 Å². The number of rotatable bonds is 2. The van der Waals surface area contributed by atoms with Gasteiger partial charge in [0.25, 0.3) is 0 Å². The Kier molecular flexibility index (Phi) is 4.46. The van der Waals surface area contributed by atoms with Gasteiger partial charge in [0.1, 0.15) is 0 Å². The third-order valence-corrected chi connectivity index (χ3v) is 4.80. The molecule has 0 amide bonds. The summed E-state index contributed by atoms with van der Waals surface area (Å²) in [5.74, 6) is -0.386. The number of allylic oxidation sites excluding steroid dienone is 1. The maximum Gasteiger partial charge on any atom is 0.216 e. The van der Waals surface area contributed by atoms with Crippen LogP contribution in [0.1, 0.15) is 24.4 Å². The Bertz CT molecular complexity index is 812. The number of benzene rings is 1. The van der Waals surface area contributed by atoms with Crippen molar-refractivity contribution in [2.24, 2.45) is 0 Å². The van der Waals surface area contributed by atoms with Crippen molar-refractivity contribution in [1.82, 2.24) is 5.32 Å². The standard InChI is InChI=1S/C18H16ClN3OS/c1-18(23)16(22-9-3-2-4-10-22)15(14(11-20)17(24)21-18)12-5-7-13(19)8-6-12/h2-10,15-16,21,23H,1H3/t15-,16+,18+/m1/s1. The number of halogens is 1. The van der Waals surface area contributed by atoms with Gasteiger partial charge in [-0.05, 0) is 24.6 Å². The quantitative estimate of drug-likeness (QED) is 0.640. The molecule has 3 atom stereocenters. The van der Waals surface area contributed by atoms with Gasteiger partial charge in [0.05, 0.1) is 12.0 Å². The Hall–Kier alpha value is -2.13. The number of hydrogen-bond acceptors (Lipinski definition) is 4. The maximum atomic E-state index is 11.0. The highest BCUT2D eigenvalue weighted by Gasteiger charge is 2.50. The number of nitrogens with one attached hydrogen (secondary N) is 1. The third-order valence-electron chi connectivity index (χ3n) is 4.22. The number of pyridine rings is 1. The summed E-state index contributed by atoms with van der Waals surface area (Å²) in [6.07, 6.45) is 3.74. The lowest BCUT2D eigenvalue weighted by atomic mass is 9.78. The molecular weight excluding hydrogens is 342 g/mol. The summed E-state index contributed by atoms with van der Waals surface area (Å²) < 4.78 is 1.89. The molecular formula is C18H16ClN3OS. The van der Waals surface area contributed by atoms with Crippen molar-refractivity contribution in [1.29, 1.82) is 5.26 Å². The van der Waals surface area contributed by atoms with Gasteiger partial charge in [-0.2, -0.15) is 9.83 Å². The van der Waals surface area contributed by atoms with Crippen LogP contribution in [0.5, 0.6) is 0 Å². The van der Waals surface area contributed by atoms with Crippen molar-refractivity contribution < 1.29 is 9.67 Å². The minimum atomic E-state index is -1.31. The number of nitrogens with zero attached hydrogens (tertiary/aromatic N) is 2. The highest BCUT2D eigenvalue weighted by Crippen LogP contribution is 2.42. The van der Waals surface area contributed by atoms with Gasteiger partial charge in [0, 0.05) is 22.7 Å². The van der Waals surface area contributed by atoms with Crippen molar-refractivity contribution in [2.45, 2.75) is 24.6 Å². The molecule has 2 heterocycles. The molecule has 0 radical (unpaired) electrons. The fraction of sp³-hybridized carbons (Fsp3) is 0.222. The Balaban J connectivity index is 2.22. The minimum Gasteiger partial charge on any atom is -0.762 e. The van der Waals surface area contributed by atoms with Gasteiger partial charge in [-0.25, -0.2) is 0 Å². The summed E-state index contributed by atoms with van der Waals surface area (Å²) >= 11 is 11.3. The predicted molar refractivity (Wildman–Crippen MR) is 93.6 cm³/mol. The molecule has 0 aliphatic carbocycles. The largest absolute Gasteiger partial charge is 0.762 e. The molecule has 24 heavy (non-hydrogen) atoms. The second-order valence-electron chi connectivity index (χ2n) is 5.92. The number of aromatic nitrogens is 1. The van der Waals surface area contributed by atoms with E-state index in [1.807, 2.05) is 47.3 Å². The van der Waals surface area contributed by atoms with Crippen LogP contribution in [0.3, 0.4) is 0 Å². The molecule has 0 spiro atoms. The zero-order valence-electron chi connectivity index (χ0n) is 13.0. The first-order chi connectivity index (χ1) is 11.4. The van der Waals surface area contributed by atoms with Crippen LogP contribution in [0, 0.1) is 11.3 Å². The summed E-state index contributed by atoms with van der Waals surface area (Å²) in [6.45, 7) is 1.67. The van der Waals surface area contributed by atoms with Gasteiger partial charge < -0.3 is 23.1 Å². The lowest BCUT2D eigenvalue weighted by molar-refractivity contribution is -0.741. The highest BCUT2D eigenvalue weighted by molar-refractivity contribution is 7.63. The molecule has 0 saturated carbocycles. The molecule has 4 nitrogen and oxygen atoms in total. The van der Waals surface area contributed by atoms with Crippen molar-refractivity contribution >= 4 is 24.2 Å². The van der Waals surface area contributed by atoms with Gasteiger partial charge in [-0.15, -0.1) is 0 Å². The van der Waals surface area contributed by atoms with E-state index in [0.29, 0.717) is 10.6 Å². The van der Waals surface area contributed by atoms with Gasteiger partial charge in [-0.3, -0.25) is 0 Å². The summed E-state index contributed by atoms with van der Waals surface area (Å²) in [6, 6.07) is 14.7.